The van der Waals surface area contributed by atoms with E-state index in [0.29, 0.717) is 0 Å². The molecule has 0 fully saturated rings. The maximum atomic E-state index is 4.15. The van der Waals surface area contributed by atoms with Crippen molar-refractivity contribution >= 4 is 23.1 Å². The number of aromatic nitrogens is 1. The minimum Gasteiger partial charge on any atom is -0.249 e. The van der Waals surface area contributed by atoms with Crippen LogP contribution in [0.1, 0.15) is 11.9 Å². The Balaban J connectivity index is 2.30. The van der Waals surface area contributed by atoms with E-state index < -0.39 is 0 Å². The number of thioether (sulfide) groups is 1. The van der Waals surface area contributed by atoms with Crippen molar-refractivity contribution in [3.63, 3.8) is 0 Å². The van der Waals surface area contributed by atoms with Gasteiger partial charge in [0.2, 0.25) is 0 Å². The Morgan fingerprint density at radius 2 is 2.67 bits per heavy atom. The SMILES string of the molecule is CCSCc1nccs1. The summed E-state index contributed by atoms with van der Waals surface area (Å²) in [5.41, 5.74) is 0. The van der Waals surface area contributed by atoms with Crippen molar-refractivity contribution in [2.24, 2.45) is 0 Å². The highest BCUT2D eigenvalue weighted by Gasteiger charge is 1.91. The molecule has 0 saturated heterocycles. The fourth-order valence-electron chi connectivity index (χ4n) is 0.514. The third-order valence-corrected chi connectivity index (χ3v) is 2.76. The van der Waals surface area contributed by atoms with Crippen LogP contribution in [0.25, 0.3) is 0 Å². The summed E-state index contributed by atoms with van der Waals surface area (Å²) >= 11 is 3.64. The predicted octanol–water partition coefficient (Wildman–Crippen LogP) is 2.40. The molecule has 1 aromatic rings. The molecule has 0 saturated carbocycles. The minimum atomic E-state index is 1.08. The van der Waals surface area contributed by atoms with Crippen LogP contribution in [0.3, 0.4) is 0 Å². The van der Waals surface area contributed by atoms with Crippen molar-refractivity contribution in [2.45, 2.75) is 12.7 Å². The maximum Gasteiger partial charge on any atom is 0.102 e. The largest absolute Gasteiger partial charge is 0.249 e. The first-order valence-electron chi connectivity index (χ1n) is 2.89. The Kier molecular flexibility index (Phi) is 3.08. The number of hydrogen-bond acceptors (Lipinski definition) is 3. The molecule has 3 heteroatoms. The predicted molar refractivity (Wildman–Crippen MR) is 44.0 cm³/mol. The molecule has 1 rings (SSSR count). The van der Waals surface area contributed by atoms with Crippen molar-refractivity contribution in [3.8, 4) is 0 Å². The number of hydrogen-bond donors (Lipinski definition) is 0. The molecule has 0 radical (unpaired) electrons. The molecule has 1 nitrogen and oxygen atoms in total. The van der Waals surface area contributed by atoms with E-state index >= 15 is 0 Å². The van der Waals surface area contributed by atoms with Crippen LogP contribution >= 0.6 is 23.1 Å². The van der Waals surface area contributed by atoms with Gasteiger partial charge in [-0.2, -0.15) is 11.8 Å². The second-order valence-corrected chi connectivity index (χ2v) is 3.82. The van der Waals surface area contributed by atoms with Crippen molar-refractivity contribution in [2.75, 3.05) is 5.75 Å². The Hall–Kier alpha value is -0.0200. The molecule has 0 aromatic carbocycles. The first kappa shape index (κ1) is 7.09. The summed E-state index contributed by atoms with van der Waals surface area (Å²) in [6.45, 7) is 2.16. The molecule has 50 valence electrons. The summed E-state index contributed by atoms with van der Waals surface area (Å²) in [7, 11) is 0. The molecule has 0 aliphatic heterocycles. The molecule has 9 heavy (non-hydrogen) atoms. The number of nitrogens with zero attached hydrogens (tertiary/aromatic N) is 1. The van der Waals surface area contributed by atoms with Crippen LogP contribution in [-0.2, 0) is 5.75 Å². The summed E-state index contributed by atoms with van der Waals surface area (Å²) in [6.07, 6.45) is 1.86. The fourth-order valence-corrected chi connectivity index (χ4v) is 1.89. The number of thiazole rings is 1. The van der Waals surface area contributed by atoms with E-state index in [-0.39, 0.29) is 0 Å². The van der Waals surface area contributed by atoms with Gasteiger partial charge in [-0.05, 0) is 5.75 Å². The van der Waals surface area contributed by atoms with Crippen LogP contribution in [0, 0.1) is 0 Å². The molecule has 0 spiro atoms. The van der Waals surface area contributed by atoms with Gasteiger partial charge in [0.05, 0.1) is 0 Å². The molecule has 1 heterocycles. The summed E-state index contributed by atoms with van der Waals surface area (Å²) in [6, 6.07) is 0. The molecule has 1 aromatic heterocycles. The van der Waals surface area contributed by atoms with Gasteiger partial charge >= 0.3 is 0 Å². The first-order valence-corrected chi connectivity index (χ1v) is 4.93. The second-order valence-electron chi connectivity index (χ2n) is 1.56. The summed E-state index contributed by atoms with van der Waals surface area (Å²) in [4.78, 5) is 4.15. The van der Waals surface area contributed by atoms with Gasteiger partial charge in [-0.15, -0.1) is 11.3 Å². The van der Waals surface area contributed by atoms with Crippen LogP contribution in [0.2, 0.25) is 0 Å². The highest BCUT2D eigenvalue weighted by atomic mass is 32.2. The van der Waals surface area contributed by atoms with Crippen LogP contribution in [0.4, 0.5) is 0 Å². The van der Waals surface area contributed by atoms with Crippen LogP contribution < -0.4 is 0 Å². The molecular formula is C6H9NS2. The summed E-state index contributed by atoms with van der Waals surface area (Å²) in [5, 5.41) is 3.26. The first-order chi connectivity index (χ1) is 4.43. The lowest BCUT2D eigenvalue weighted by Gasteiger charge is -1.89. The average Bonchev–Trinajstić information content (AvgIpc) is 2.34. The zero-order valence-electron chi connectivity index (χ0n) is 5.33. The minimum absolute atomic E-state index is 1.08. The van der Waals surface area contributed by atoms with Crippen molar-refractivity contribution in [3.05, 3.63) is 16.6 Å². The van der Waals surface area contributed by atoms with Crippen molar-refractivity contribution < 1.29 is 0 Å². The van der Waals surface area contributed by atoms with Gasteiger partial charge in [-0.3, -0.25) is 0 Å². The summed E-state index contributed by atoms with van der Waals surface area (Å²) in [5.74, 6) is 2.26. The average molecular weight is 159 g/mol. The molecule has 0 N–H and O–H groups in total. The van der Waals surface area contributed by atoms with Crippen LogP contribution in [-0.4, -0.2) is 10.7 Å². The third-order valence-electron chi connectivity index (χ3n) is 0.913. The van der Waals surface area contributed by atoms with Gasteiger partial charge in [0.15, 0.2) is 0 Å². The van der Waals surface area contributed by atoms with Gasteiger partial charge in [-0.1, -0.05) is 6.92 Å². The summed E-state index contributed by atoms with van der Waals surface area (Å²) < 4.78 is 0. The number of rotatable bonds is 3. The van der Waals surface area contributed by atoms with Crippen LogP contribution in [0.15, 0.2) is 11.6 Å². The molecule has 0 atom stereocenters. The van der Waals surface area contributed by atoms with Gasteiger partial charge in [0.25, 0.3) is 0 Å². The van der Waals surface area contributed by atoms with E-state index in [1.165, 1.54) is 10.8 Å². The van der Waals surface area contributed by atoms with Crippen LogP contribution in [0.5, 0.6) is 0 Å². The van der Waals surface area contributed by atoms with Gasteiger partial charge in [0.1, 0.15) is 5.01 Å². The zero-order valence-corrected chi connectivity index (χ0v) is 6.97. The Labute approximate surface area is 63.5 Å². The molecule has 0 aliphatic carbocycles. The smallest absolute Gasteiger partial charge is 0.102 e. The molecule has 0 unspecified atom stereocenters. The lowest BCUT2D eigenvalue weighted by Crippen LogP contribution is -1.75. The third kappa shape index (κ3) is 2.37. The van der Waals surface area contributed by atoms with Gasteiger partial charge in [-0.25, -0.2) is 4.98 Å². The molecule has 0 aliphatic rings. The Morgan fingerprint density at radius 3 is 3.22 bits per heavy atom. The van der Waals surface area contributed by atoms with E-state index in [1.807, 2.05) is 23.3 Å². The monoisotopic (exact) mass is 159 g/mol. The second kappa shape index (κ2) is 3.90. The van der Waals surface area contributed by atoms with Crippen molar-refractivity contribution in [1.29, 1.82) is 0 Å². The van der Waals surface area contributed by atoms with E-state index in [9.17, 15) is 0 Å². The molecule has 0 amide bonds. The maximum absolute atomic E-state index is 4.15. The highest BCUT2D eigenvalue weighted by molar-refractivity contribution is 7.98. The lowest BCUT2D eigenvalue weighted by atomic mass is 10.8. The quantitative estimate of drug-likeness (QED) is 0.671. The topological polar surface area (TPSA) is 12.9 Å². The van der Waals surface area contributed by atoms with Crippen molar-refractivity contribution in [1.82, 2.24) is 4.98 Å². The van der Waals surface area contributed by atoms with Gasteiger partial charge in [0, 0.05) is 17.3 Å². The molecular weight excluding hydrogens is 150 g/mol. The normalized spacial score (nSPS) is 9.89. The van der Waals surface area contributed by atoms with E-state index in [2.05, 4.69) is 11.9 Å². The standard InChI is InChI=1S/C6H9NS2/c1-2-8-5-6-7-3-4-9-6/h3-4H,2,5H2,1H3. The fraction of sp³-hybridized carbons (Fsp3) is 0.500. The van der Waals surface area contributed by atoms with E-state index in [0.717, 1.165) is 5.75 Å². The van der Waals surface area contributed by atoms with Gasteiger partial charge < -0.3 is 0 Å². The Bertz CT molecular complexity index is 148. The van der Waals surface area contributed by atoms with E-state index in [1.54, 1.807) is 11.3 Å². The Morgan fingerprint density at radius 1 is 1.78 bits per heavy atom. The van der Waals surface area contributed by atoms with E-state index in [4.69, 9.17) is 0 Å². The lowest BCUT2D eigenvalue weighted by molar-refractivity contribution is 1.27. The molecule has 0 bridgehead atoms. The zero-order chi connectivity index (χ0) is 6.53. The highest BCUT2D eigenvalue weighted by Crippen LogP contribution is 2.12.